The number of carbonyl (C=O) groups is 1. The Morgan fingerprint density at radius 2 is 1.79 bits per heavy atom. The average molecular weight is 320 g/mol. The van der Waals surface area contributed by atoms with Gasteiger partial charge in [-0.15, -0.1) is 0 Å². The number of piperidine rings is 1. The summed E-state index contributed by atoms with van der Waals surface area (Å²) in [5.41, 5.74) is 3.63. The molecule has 0 bridgehead atoms. The maximum Gasteiger partial charge on any atom is 0.227 e. The fourth-order valence-electron chi connectivity index (χ4n) is 3.20. The number of hydrogen-bond acceptors (Lipinski definition) is 3. The fraction of sp³-hybridized carbons (Fsp3) is 0.263. The molecule has 1 aliphatic heterocycles. The number of nitrogens with zero attached hydrogens (tertiary/aromatic N) is 1. The highest BCUT2D eigenvalue weighted by Crippen LogP contribution is 2.28. The number of amides is 1. The number of nitrogens with one attached hydrogen (secondary N) is 3. The summed E-state index contributed by atoms with van der Waals surface area (Å²) in [6.07, 6.45) is 1.78. The van der Waals surface area contributed by atoms with Crippen molar-refractivity contribution in [3.05, 3.63) is 48.5 Å². The van der Waals surface area contributed by atoms with Crippen LogP contribution in [-0.4, -0.2) is 29.0 Å². The first kappa shape index (κ1) is 14.9. The van der Waals surface area contributed by atoms with Gasteiger partial charge in [0, 0.05) is 11.5 Å². The van der Waals surface area contributed by atoms with Crippen molar-refractivity contribution in [2.75, 3.05) is 18.4 Å². The summed E-state index contributed by atoms with van der Waals surface area (Å²) in [4.78, 5) is 20.5. The van der Waals surface area contributed by atoms with Gasteiger partial charge in [0.1, 0.15) is 5.82 Å². The van der Waals surface area contributed by atoms with Crippen molar-refractivity contribution in [1.82, 2.24) is 15.3 Å². The van der Waals surface area contributed by atoms with E-state index in [1.807, 2.05) is 48.5 Å². The molecule has 1 aromatic heterocycles. The van der Waals surface area contributed by atoms with E-state index in [9.17, 15) is 4.79 Å². The van der Waals surface area contributed by atoms with Crippen LogP contribution in [-0.2, 0) is 4.79 Å². The number of para-hydroxylation sites is 3. The second-order valence-electron chi connectivity index (χ2n) is 6.16. The van der Waals surface area contributed by atoms with Gasteiger partial charge in [-0.3, -0.25) is 4.79 Å². The van der Waals surface area contributed by atoms with Gasteiger partial charge in [-0.1, -0.05) is 24.3 Å². The van der Waals surface area contributed by atoms with Gasteiger partial charge in [0.15, 0.2) is 0 Å². The Kier molecular flexibility index (Phi) is 4.01. The second-order valence-corrected chi connectivity index (χ2v) is 6.16. The molecule has 1 amide bonds. The molecule has 24 heavy (non-hydrogen) atoms. The molecule has 0 aliphatic carbocycles. The summed E-state index contributed by atoms with van der Waals surface area (Å²) in [7, 11) is 0. The zero-order valence-electron chi connectivity index (χ0n) is 13.4. The monoisotopic (exact) mass is 320 g/mol. The molecule has 2 aromatic carbocycles. The summed E-state index contributed by atoms with van der Waals surface area (Å²) in [6.45, 7) is 1.81. The smallest absolute Gasteiger partial charge is 0.227 e. The maximum absolute atomic E-state index is 12.6. The summed E-state index contributed by atoms with van der Waals surface area (Å²) in [5, 5.41) is 6.39. The van der Waals surface area contributed by atoms with Crippen molar-refractivity contribution in [3.63, 3.8) is 0 Å². The third-order valence-electron chi connectivity index (χ3n) is 4.54. The minimum atomic E-state index is 0.0787. The van der Waals surface area contributed by atoms with E-state index in [4.69, 9.17) is 0 Å². The molecule has 122 valence electrons. The second kappa shape index (κ2) is 6.45. The van der Waals surface area contributed by atoms with E-state index < -0.39 is 0 Å². The predicted molar refractivity (Wildman–Crippen MR) is 95.8 cm³/mol. The molecule has 0 unspecified atom stereocenters. The lowest BCUT2D eigenvalue weighted by molar-refractivity contribution is -0.120. The minimum Gasteiger partial charge on any atom is -0.338 e. The number of imidazole rings is 1. The molecule has 3 aromatic rings. The number of hydrogen-bond donors (Lipinski definition) is 3. The highest BCUT2D eigenvalue weighted by Gasteiger charge is 2.22. The highest BCUT2D eigenvalue weighted by atomic mass is 16.1. The van der Waals surface area contributed by atoms with Gasteiger partial charge in [0.05, 0.1) is 16.7 Å². The van der Waals surface area contributed by atoms with Crippen LogP contribution >= 0.6 is 0 Å². The molecular weight excluding hydrogens is 300 g/mol. The summed E-state index contributed by atoms with van der Waals surface area (Å²) < 4.78 is 0. The van der Waals surface area contributed by atoms with E-state index in [1.54, 1.807) is 0 Å². The number of H-pyrrole nitrogens is 1. The fourth-order valence-corrected chi connectivity index (χ4v) is 3.20. The molecule has 1 aliphatic rings. The van der Waals surface area contributed by atoms with Crippen LogP contribution in [0.4, 0.5) is 5.69 Å². The normalized spacial score (nSPS) is 15.5. The van der Waals surface area contributed by atoms with Gasteiger partial charge in [-0.25, -0.2) is 4.98 Å². The SMILES string of the molecule is O=C(Nc1ccccc1-c1nc2ccccc2[nH]1)C1CCNCC1. The number of rotatable bonds is 3. The van der Waals surface area contributed by atoms with Crippen LogP contribution in [0.3, 0.4) is 0 Å². The topological polar surface area (TPSA) is 69.8 Å². The summed E-state index contributed by atoms with van der Waals surface area (Å²) in [5.74, 6) is 0.951. The van der Waals surface area contributed by atoms with Crippen molar-refractivity contribution in [2.24, 2.45) is 5.92 Å². The van der Waals surface area contributed by atoms with Gasteiger partial charge in [0.2, 0.25) is 5.91 Å². The largest absolute Gasteiger partial charge is 0.338 e. The quantitative estimate of drug-likeness (QED) is 0.694. The summed E-state index contributed by atoms with van der Waals surface area (Å²) >= 11 is 0. The number of aromatic nitrogens is 2. The van der Waals surface area contributed by atoms with E-state index >= 15 is 0 Å². The Morgan fingerprint density at radius 3 is 2.62 bits per heavy atom. The van der Waals surface area contributed by atoms with Crippen molar-refractivity contribution in [2.45, 2.75) is 12.8 Å². The van der Waals surface area contributed by atoms with Crippen LogP contribution in [0.1, 0.15) is 12.8 Å². The van der Waals surface area contributed by atoms with E-state index in [-0.39, 0.29) is 11.8 Å². The lowest BCUT2D eigenvalue weighted by Gasteiger charge is -2.22. The van der Waals surface area contributed by atoms with Crippen molar-refractivity contribution in [1.29, 1.82) is 0 Å². The predicted octanol–water partition coefficient (Wildman–Crippen LogP) is 3.17. The lowest BCUT2D eigenvalue weighted by Crippen LogP contribution is -2.34. The van der Waals surface area contributed by atoms with Crippen LogP contribution in [0.5, 0.6) is 0 Å². The molecule has 5 nitrogen and oxygen atoms in total. The Labute approximate surface area is 140 Å². The first-order valence-corrected chi connectivity index (χ1v) is 8.37. The van der Waals surface area contributed by atoms with Crippen molar-refractivity contribution < 1.29 is 4.79 Å². The van der Waals surface area contributed by atoms with Crippen LogP contribution in [0.2, 0.25) is 0 Å². The van der Waals surface area contributed by atoms with Crippen LogP contribution in [0.25, 0.3) is 22.4 Å². The number of anilines is 1. The Balaban J connectivity index is 1.63. The Hall–Kier alpha value is -2.66. The van der Waals surface area contributed by atoms with Gasteiger partial charge in [-0.05, 0) is 50.2 Å². The number of fused-ring (bicyclic) bond motifs is 1. The van der Waals surface area contributed by atoms with E-state index in [2.05, 4.69) is 20.6 Å². The van der Waals surface area contributed by atoms with Crippen molar-refractivity contribution in [3.8, 4) is 11.4 Å². The average Bonchev–Trinajstić information content (AvgIpc) is 3.07. The van der Waals surface area contributed by atoms with E-state index in [0.29, 0.717) is 0 Å². The summed E-state index contributed by atoms with van der Waals surface area (Å²) in [6, 6.07) is 15.7. The van der Waals surface area contributed by atoms with Gasteiger partial charge < -0.3 is 15.6 Å². The zero-order chi connectivity index (χ0) is 16.4. The zero-order valence-corrected chi connectivity index (χ0v) is 13.4. The molecule has 3 N–H and O–H groups in total. The van der Waals surface area contributed by atoms with Gasteiger partial charge >= 0.3 is 0 Å². The van der Waals surface area contributed by atoms with Gasteiger partial charge in [-0.2, -0.15) is 0 Å². The number of aromatic amines is 1. The molecule has 5 heteroatoms. The lowest BCUT2D eigenvalue weighted by atomic mass is 9.97. The number of benzene rings is 2. The van der Waals surface area contributed by atoms with Crippen LogP contribution in [0.15, 0.2) is 48.5 Å². The minimum absolute atomic E-state index is 0.0787. The van der Waals surface area contributed by atoms with Crippen LogP contribution < -0.4 is 10.6 Å². The van der Waals surface area contributed by atoms with E-state index in [1.165, 1.54) is 0 Å². The molecule has 1 saturated heterocycles. The first-order chi connectivity index (χ1) is 11.8. The molecule has 0 atom stereocenters. The maximum atomic E-state index is 12.6. The molecule has 0 radical (unpaired) electrons. The van der Waals surface area contributed by atoms with Gasteiger partial charge in [0.25, 0.3) is 0 Å². The molecular formula is C19H20N4O. The Morgan fingerprint density at radius 1 is 1.04 bits per heavy atom. The number of carbonyl (C=O) groups excluding carboxylic acids is 1. The molecule has 0 saturated carbocycles. The highest BCUT2D eigenvalue weighted by molar-refractivity contribution is 5.96. The van der Waals surface area contributed by atoms with Crippen molar-refractivity contribution >= 4 is 22.6 Å². The molecule has 1 fully saturated rings. The molecule has 2 heterocycles. The molecule has 0 spiro atoms. The first-order valence-electron chi connectivity index (χ1n) is 8.37. The van der Waals surface area contributed by atoms with Crippen LogP contribution in [0, 0.1) is 5.92 Å². The Bertz CT molecular complexity index is 831. The molecule has 4 rings (SSSR count). The third-order valence-corrected chi connectivity index (χ3v) is 4.54. The van der Waals surface area contributed by atoms with E-state index in [0.717, 1.165) is 54.0 Å². The third kappa shape index (κ3) is 2.90. The standard InChI is InChI=1S/C19H20N4O/c24-19(13-9-11-20-12-10-13)23-15-6-2-1-5-14(15)18-21-16-7-3-4-8-17(16)22-18/h1-8,13,20H,9-12H2,(H,21,22)(H,23,24).